The van der Waals surface area contributed by atoms with Crippen molar-refractivity contribution < 1.29 is 4.79 Å². The van der Waals surface area contributed by atoms with E-state index in [4.69, 9.17) is 0 Å². The monoisotopic (exact) mass is 361 g/mol. The highest BCUT2D eigenvalue weighted by molar-refractivity contribution is 9.10. The van der Waals surface area contributed by atoms with Crippen molar-refractivity contribution in [3.05, 3.63) is 40.0 Å². The van der Waals surface area contributed by atoms with E-state index in [0.717, 1.165) is 41.7 Å². The molecule has 0 aromatic heterocycles. The lowest BCUT2D eigenvalue weighted by Crippen LogP contribution is -2.38. The second-order valence-electron chi connectivity index (χ2n) is 5.75. The van der Waals surface area contributed by atoms with Gasteiger partial charge < -0.3 is 10.2 Å². The number of anilines is 1. The summed E-state index contributed by atoms with van der Waals surface area (Å²) in [6.45, 7) is 5.65. The van der Waals surface area contributed by atoms with Crippen LogP contribution in [0.4, 0.5) is 5.69 Å². The molecule has 5 heteroatoms. The summed E-state index contributed by atoms with van der Waals surface area (Å²) in [4.78, 5) is 14.1. The SMILES string of the molecule is Cc1cc(N/C=C(/C#N)C(=O)N2CCC(C)CC2)ccc1Br. The maximum absolute atomic E-state index is 12.4. The van der Waals surface area contributed by atoms with E-state index in [0.29, 0.717) is 5.92 Å². The van der Waals surface area contributed by atoms with Crippen molar-refractivity contribution in [2.24, 2.45) is 5.92 Å². The van der Waals surface area contributed by atoms with Gasteiger partial charge in [0.15, 0.2) is 0 Å². The van der Waals surface area contributed by atoms with Gasteiger partial charge in [0, 0.05) is 29.4 Å². The summed E-state index contributed by atoms with van der Waals surface area (Å²) in [6.07, 6.45) is 3.51. The van der Waals surface area contributed by atoms with Crippen LogP contribution in [0, 0.1) is 24.2 Å². The number of benzene rings is 1. The Morgan fingerprint density at radius 3 is 2.73 bits per heavy atom. The molecule has 1 aliphatic rings. The molecule has 1 N–H and O–H groups in total. The fourth-order valence-corrected chi connectivity index (χ4v) is 2.66. The fraction of sp³-hybridized carbons (Fsp3) is 0.412. The highest BCUT2D eigenvalue weighted by Crippen LogP contribution is 2.21. The minimum atomic E-state index is -0.185. The molecule has 4 nitrogen and oxygen atoms in total. The van der Waals surface area contributed by atoms with Gasteiger partial charge in [0.25, 0.3) is 5.91 Å². The van der Waals surface area contributed by atoms with Crippen molar-refractivity contribution in [2.45, 2.75) is 26.7 Å². The minimum Gasteiger partial charge on any atom is -0.360 e. The van der Waals surface area contributed by atoms with Crippen LogP contribution in [0.2, 0.25) is 0 Å². The Bertz CT molecular complexity index is 625. The van der Waals surface area contributed by atoms with Gasteiger partial charge in [-0.05, 0) is 49.4 Å². The van der Waals surface area contributed by atoms with Gasteiger partial charge in [-0.15, -0.1) is 0 Å². The van der Waals surface area contributed by atoms with Gasteiger partial charge in [0.2, 0.25) is 0 Å². The predicted octanol–water partition coefficient (Wildman–Crippen LogP) is 3.84. The number of hydrogen-bond acceptors (Lipinski definition) is 3. The zero-order valence-corrected chi connectivity index (χ0v) is 14.5. The topological polar surface area (TPSA) is 56.1 Å². The van der Waals surface area contributed by atoms with E-state index in [-0.39, 0.29) is 11.5 Å². The van der Waals surface area contributed by atoms with Crippen LogP contribution in [-0.2, 0) is 4.79 Å². The van der Waals surface area contributed by atoms with Crippen molar-refractivity contribution in [1.82, 2.24) is 4.90 Å². The average molecular weight is 362 g/mol. The zero-order chi connectivity index (χ0) is 16.1. The Morgan fingerprint density at radius 2 is 2.14 bits per heavy atom. The van der Waals surface area contributed by atoms with E-state index in [1.165, 1.54) is 6.20 Å². The third-order valence-electron chi connectivity index (χ3n) is 3.96. The van der Waals surface area contributed by atoms with Crippen molar-refractivity contribution in [1.29, 1.82) is 5.26 Å². The Balaban J connectivity index is 2.05. The van der Waals surface area contributed by atoms with Crippen LogP contribution in [-0.4, -0.2) is 23.9 Å². The molecule has 1 aromatic rings. The molecule has 1 saturated heterocycles. The molecule has 1 amide bonds. The smallest absolute Gasteiger partial charge is 0.266 e. The van der Waals surface area contributed by atoms with Gasteiger partial charge in [0.05, 0.1) is 0 Å². The molecular formula is C17H20BrN3O. The number of amides is 1. The van der Waals surface area contributed by atoms with Crippen molar-refractivity contribution in [2.75, 3.05) is 18.4 Å². The Kier molecular flexibility index (Phi) is 5.62. The third kappa shape index (κ3) is 4.11. The van der Waals surface area contributed by atoms with Gasteiger partial charge in [-0.3, -0.25) is 4.79 Å². The number of likely N-dealkylation sites (tertiary alicyclic amines) is 1. The summed E-state index contributed by atoms with van der Waals surface area (Å²) in [5.74, 6) is 0.471. The van der Waals surface area contributed by atoms with Gasteiger partial charge in [-0.2, -0.15) is 5.26 Å². The van der Waals surface area contributed by atoms with Gasteiger partial charge in [-0.25, -0.2) is 0 Å². The number of piperidine rings is 1. The number of carbonyl (C=O) groups is 1. The Labute approximate surface area is 139 Å². The lowest BCUT2D eigenvalue weighted by molar-refractivity contribution is -0.128. The molecule has 2 rings (SSSR count). The highest BCUT2D eigenvalue weighted by atomic mass is 79.9. The Hall–Kier alpha value is -1.80. The van der Waals surface area contributed by atoms with E-state index in [1.54, 1.807) is 4.90 Å². The summed E-state index contributed by atoms with van der Waals surface area (Å²) in [7, 11) is 0. The first kappa shape index (κ1) is 16.6. The fourth-order valence-electron chi connectivity index (χ4n) is 2.41. The second-order valence-corrected chi connectivity index (χ2v) is 6.61. The number of nitriles is 1. The van der Waals surface area contributed by atoms with E-state index in [9.17, 15) is 10.1 Å². The molecule has 0 unspecified atom stereocenters. The second kappa shape index (κ2) is 7.46. The van der Waals surface area contributed by atoms with E-state index >= 15 is 0 Å². The van der Waals surface area contributed by atoms with Crippen molar-refractivity contribution in [3.8, 4) is 6.07 Å². The van der Waals surface area contributed by atoms with E-state index in [1.807, 2.05) is 31.2 Å². The van der Waals surface area contributed by atoms with Crippen LogP contribution in [0.25, 0.3) is 0 Å². The number of rotatable bonds is 3. The molecule has 1 heterocycles. The summed E-state index contributed by atoms with van der Waals surface area (Å²) in [5, 5.41) is 12.3. The lowest BCUT2D eigenvalue weighted by atomic mass is 9.99. The molecule has 0 atom stereocenters. The van der Waals surface area contributed by atoms with Gasteiger partial charge in [-0.1, -0.05) is 22.9 Å². The van der Waals surface area contributed by atoms with Crippen LogP contribution < -0.4 is 5.32 Å². The number of aryl methyl sites for hydroxylation is 1. The molecule has 0 bridgehead atoms. The van der Waals surface area contributed by atoms with Gasteiger partial charge >= 0.3 is 0 Å². The molecule has 1 aromatic carbocycles. The maximum atomic E-state index is 12.4. The van der Waals surface area contributed by atoms with E-state index < -0.39 is 0 Å². The number of halogens is 1. The van der Waals surface area contributed by atoms with E-state index in [2.05, 4.69) is 28.2 Å². The predicted molar refractivity (Wildman–Crippen MR) is 91.2 cm³/mol. The lowest BCUT2D eigenvalue weighted by Gasteiger charge is -2.30. The zero-order valence-electron chi connectivity index (χ0n) is 12.9. The maximum Gasteiger partial charge on any atom is 0.266 e. The standard InChI is InChI=1S/C17H20BrN3O/c1-12-5-7-21(8-6-12)17(22)14(10-19)11-20-15-3-4-16(18)13(2)9-15/h3-4,9,11-12,20H,5-8H2,1-2H3/b14-11-. The molecule has 0 radical (unpaired) electrons. The van der Waals surface area contributed by atoms with Crippen LogP contribution in [0.5, 0.6) is 0 Å². The number of nitrogens with one attached hydrogen (secondary N) is 1. The van der Waals surface area contributed by atoms with Crippen molar-refractivity contribution in [3.63, 3.8) is 0 Å². The first-order valence-corrected chi connectivity index (χ1v) is 8.23. The molecule has 0 spiro atoms. The third-order valence-corrected chi connectivity index (χ3v) is 4.85. The molecule has 1 fully saturated rings. The largest absolute Gasteiger partial charge is 0.360 e. The van der Waals surface area contributed by atoms with Crippen LogP contribution in [0.15, 0.2) is 34.4 Å². The summed E-state index contributed by atoms with van der Waals surface area (Å²) in [5.41, 5.74) is 2.09. The summed E-state index contributed by atoms with van der Waals surface area (Å²) in [6, 6.07) is 7.80. The Morgan fingerprint density at radius 1 is 1.45 bits per heavy atom. The first-order chi connectivity index (χ1) is 10.5. The van der Waals surface area contributed by atoms with Crippen molar-refractivity contribution >= 4 is 27.5 Å². The minimum absolute atomic E-state index is 0.148. The number of nitrogens with zero attached hydrogens (tertiary/aromatic N) is 2. The average Bonchev–Trinajstić information content (AvgIpc) is 2.52. The van der Waals surface area contributed by atoms with Crippen LogP contribution in [0.3, 0.4) is 0 Å². The summed E-state index contributed by atoms with van der Waals surface area (Å²) < 4.78 is 1.03. The normalized spacial score (nSPS) is 16.3. The quantitative estimate of drug-likeness (QED) is 0.657. The molecule has 0 aliphatic carbocycles. The molecule has 22 heavy (non-hydrogen) atoms. The molecule has 116 valence electrons. The van der Waals surface area contributed by atoms with Crippen LogP contribution in [0.1, 0.15) is 25.3 Å². The molecular weight excluding hydrogens is 342 g/mol. The molecule has 1 aliphatic heterocycles. The summed E-state index contributed by atoms with van der Waals surface area (Å²) >= 11 is 3.45. The molecule has 0 saturated carbocycles. The number of carbonyl (C=O) groups excluding carboxylic acids is 1. The number of hydrogen-bond donors (Lipinski definition) is 1. The van der Waals surface area contributed by atoms with Gasteiger partial charge in [0.1, 0.15) is 11.6 Å². The highest BCUT2D eigenvalue weighted by Gasteiger charge is 2.22. The van der Waals surface area contributed by atoms with Crippen LogP contribution >= 0.6 is 15.9 Å². The first-order valence-electron chi connectivity index (χ1n) is 7.43.